The lowest BCUT2D eigenvalue weighted by molar-refractivity contribution is 0.103. The van der Waals surface area contributed by atoms with Gasteiger partial charge in [-0.15, -0.1) is 22.7 Å². The van der Waals surface area contributed by atoms with Crippen molar-refractivity contribution in [2.45, 2.75) is 13.3 Å². The lowest BCUT2D eigenvalue weighted by Crippen LogP contribution is -2.10. The van der Waals surface area contributed by atoms with Gasteiger partial charge in [0.05, 0.1) is 4.88 Å². The molecule has 0 unspecified atom stereocenters. The fraction of sp³-hybridized carbons (Fsp3) is 0.125. The monoisotopic (exact) mass is 350 g/mol. The molecule has 0 aliphatic heterocycles. The van der Waals surface area contributed by atoms with Gasteiger partial charge < -0.3 is 0 Å². The fourth-order valence-electron chi connectivity index (χ4n) is 2.06. The molecule has 2 aromatic heterocycles. The molecule has 1 aromatic carbocycles. The van der Waals surface area contributed by atoms with Crippen LogP contribution in [-0.2, 0) is 6.42 Å². The second kappa shape index (κ2) is 6.55. The van der Waals surface area contributed by atoms with E-state index in [0.717, 1.165) is 16.5 Å². The molecule has 23 heavy (non-hydrogen) atoms. The van der Waals surface area contributed by atoms with Crippen molar-refractivity contribution in [2.24, 2.45) is 0 Å². The smallest absolute Gasteiger partial charge is 0.267 e. The summed E-state index contributed by atoms with van der Waals surface area (Å²) in [6.45, 7) is 1.88. The van der Waals surface area contributed by atoms with Gasteiger partial charge in [0.1, 0.15) is 0 Å². The highest BCUT2D eigenvalue weighted by Gasteiger charge is 2.13. The summed E-state index contributed by atoms with van der Waals surface area (Å²) in [4.78, 5) is 17.8. The third kappa shape index (κ3) is 3.62. The number of carbonyl (C=O) groups is 1. The van der Waals surface area contributed by atoms with Gasteiger partial charge in [-0.25, -0.2) is 13.8 Å². The number of carbonyl (C=O) groups excluding carboxylic acids is 1. The van der Waals surface area contributed by atoms with E-state index in [4.69, 9.17) is 0 Å². The van der Waals surface area contributed by atoms with Gasteiger partial charge in [0.15, 0.2) is 16.8 Å². The maximum absolute atomic E-state index is 13.2. The highest BCUT2D eigenvalue weighted by atomic mass is 32.1. The van der Waals surface area contributed by atoms with Crippen molar-refractivity contribution in [1.29, 1.82) is 0 Å². The molecule has 3 rings (SSSR count). The van der Waals surface area contributed by atoms with Gasteiger partial charge in [-0.3, -0.25) is 10.1 Å². The Balaban J connectivity index is 1.69. The summed E-state index contributed by atoms with van der Waals surface area (Å²) in [6.07, 6.45) is 2.06. The van der Waals surface area contributed by atoms with Crippen molar-refractivity contribution in [3.05, 3.63) is 68.4 Å². The van der Waals surface area contributed by atoms with Gasteiger partial charge in [0.2, 0.25) is 0 Å². The number of hydrogen-bond donors (Lipinski definition) is 1. The van der Waals surface area contributed by atoms with Gasteiger partial charge in [-0.2, -0.15) is 0 Å². The summed E-state index contributed by atoms with van der Waals surface area (Å²) >= 11 is 2.69. The van der Waals surface area contributed by atoms with E-state index in [9.17, 15) is 13.6 Å². The molecule has 0 spiro atoms. The molecule has 0 atom stereocenters. The summed E-state index contributed by atoms with van der Waals surface area (Å²) in [5, 5.41) is 5.10. The highest BCUT2D eigenvalue weighted by Crippen LogP contribution is 2.24. The number of aromatic nitrogens is 1. The quantitative estimate of drug-likeness (QED) is 0.745. The second-order valence-electron chi connectivity index (χ2n) is 4.94. The van der Waals surface area contributed by atoms with Crippen LogP contribution in [0.4, 0.5) is 13.9 Å². The summed E-state index contributed by atoms with van der Waals surface area (Å²) < 4.78 is 26.1. The fourth-order valence-corrected chi connectivity index (χ4v) is 3.72. The molecule has 2 heterocycles. The molecule has 1 N–H and O–H groups in total. The zero-order valence-corrected chi connectivity index (χ0v) is 13.7. The van der Waals surface area contributed by atoms with Gasteiger partial charge in [0.25, 0.3) is 5.91 Å². The molecule has 0 aliphatic carbocycles. The minimum Gasteiger partial charge on any atom is -0.297 e. The number of hydrogen-bond acceptors (Lipinski definition) is 4. The van der Waals surface area contributed by atoms with Crippen LogP contribution < -0.4 is 5.32 Å². The topological polar surface area (TPSA) is 42.0 Å². The maximum Gasteiger partial charge on any atom is 0.267 e. The lowest BCUT2D eigenvalue weighted by atomic mass is 10.1. The normalized spacial score (nSPS) is 10.7. The number of rotatable bonds is 4. The third-order valence-corrected chi connectivity index (χ3v) is 5.13. The number of nitrogens with zero attached hydrogens (tertiary/aromatic N) is 1. The van der Waals surface area contributed by atoms with Crippen molar-refractivity contribution >= 4 is 33.7 Å². The summed E-state index contributed by atoms with van der Waals surface area (Å²) in [5.74, 6) is -1.92. The number of thiophene rings is 1. The first-order chi connectivity index (χ1) is 11.0. The van der Waals surface area contributed by atoms with Crippen LogP contribution in [0.2, 0.25) is 0 Å². The van der Waals surface area contributed by atoms with E-state index in [1.54, 1.807) is 6.20 Å². The number of thiazole rings is 1. The van der Waals surface area contributed by atoms with E-state index in [2.05, 4.69) is 10.3 Å². The van der Waals surface area contributed by atoms with Crippen molar-refractivity contribution in [1.82, 2.24) is 4.98 Å². The number of benzene rings is 1. The standard InChI is InChI=1S/C16H12F2N2OS2/c1-9-4-5-22-14(9)15(21)20-16-19-8-11(23-16)6-10-2-3-12(17)13(18)7-10/h2-5,7-8H,6H2,1H3,(H,19,20,21). The first-order valence-corrected chi connectivity index (χ1v) is 8.46. The van der Waals surface area contributed by atoms with Crippen LogP contribution in [0.25, 0.3) is 0 Å². The molecule has 0 radical (unpaired) electrons. The molecule has 0 bridgehead atoms. The van der Waals surface area contributed by atoms with Crippen LogP contribution in [0.5, 0.6) is 0 Å². The Morgan fingerprint density at radius 3 is 2.78 bits per heavy atom. The average Bonchev–Trinajstić information content (AvgIpc) is 3.12. The van der Waals surface area contributed by atoms with Gasteiger partial charge in [-0.1, -0.05) is 6.07 Å². The first kappa shape index (κ1) is 15.8. The Kier molecular flexibility index (Phi) is 4.49. The molecular formula is C16H12F2N2OS2. The lowest BCUT2D eigenvalue weighted by Gasteiger charge is -2.00. The minimum atomic E-state index is -0.867. The van der Waals surface area contributed by atoms with E-state index in [-0.39, 0.29) is 5.91 Å². The molecule has 1 amide bonds. The summed E-state index contributed by atoms with van der Waals surface area (Å²) in [7, 11) is 0. The molecule has 0 aliphatic rings. The van der Waals surface area contributed by atoms with Crippen LogP contribution in [-0.4, -0.2) is 10.9 Å². The highest BCUT2D eigenvalue weighted by molar-refractivity contribution is 7.16. The van der Waals surface area contributed by atoms with Crippen molar-refractivity contribution in [3.63, 3.8) is 0 Å². The van der Waals surface area contributed by atoms with Crippen LogP contribution in [0.1, 0.15) is 25.7 Å². The number of halogens is 2. The zero-order valence-electron chi connectivity index (χ0n) is 12.1. The molecule has 0 saturated heterocycles. The number of amides is 1. The van der Waals surface area contributed by atoms with Gasteiger partial charge in [-0.05, 0) is 41.6 Å². The second-order valence-corrected chi connectivity index (χ2v) is 6.98. The molecular weight excluding hydrogens is 338 g/mol. The molecule has 3 nitrogen and oxygen atoms in total. The average molecular weight is 350 g/mol. The van der Waals surface area contributed by atoms with E-state index >= 15 is 0 Å². The van der Waals surface area contributed by atoms with Crippen molar-refractivity contribution < 1.29 is 13.6 Å². The Labute approximate surface area is 139 Å². The van der Waals surface area contributed by atoms with E-state index in [0.29, 0.717) is 22.0 Å². The van der Waals surface area contributed by atoms with Gasteiger partial charge in [0, 0.05) is 17.5 Å². The Hall–Kier alpha value is -2.12. The van der Waals surface area contributed by atoms with Crippen LogP contribution in [0.3, 0.4) is 0 Å². The minimum absolute atomic E-state index is 0.189. The summed E-state index contributed by atoms with van der Waals surface area (Å²) in [6, 6.07) is 5.69. The number of anilines is 1. The van der Waals surface area contributed by atoms with Gasteiger partial charge >= 0.3 is 0 Å². The first-order valence-electron chi connectivity index (χ1n) is 6.77. The Morgan fingerprint density at radius 1 is 1.26 bits per heavy atom. The zero-order chi connectivity index (χ0) is 16.4. The van der Waals surface area contributed by atoms with E-state index in [1.165, 1.54) is 34.8 Å². The van der Waals surface area contributed by atoms with Crippen LogP contribution in [0.15, 0.2) is 35.8 Å². The van der Waals surface area contributed by atoms with Crippen LogP contribution in [0, 0.1) is 18.6 Å². The Morgan fingerprint density at radius 2 is 2.09 bits per heavy atom. The maximum atomic E-state index is 13.2. The molecule has 7 heteroatoms. The summed E-state index contributed by atoms with van der Waals surface area (Å²) in [5.41, 5.74) is 1.57. The third-order valence-electron chi connectivity index (χ3n) is 3.20. The van der Waals surface area contributed by atoms with Crippen LogP contribution >= 0.6 is 22.7 Å². The molecule has 0 saturated carbocycles. The largest absolute Gasteiger partial charge is 0.297 e. The number of nitrogens with one attached hydrogen (secondary N) is 1. The number of aryl methyl sites for hydroxylation is 1. The Bertz CT molecular complexity index is 857. The predicted octanol–water partition coefficient (Wildman–Crippen LogP) is 4.63. The van der Waals surface area contributed by atoms with E-state index < -0.39 is 11.6 Å². The van der Waals surface area contributed by atoms with Crippen molar-refractivity contribution in [2.75, 3.05) is 5.32 Å². The molecule has 118 valence electrons. The van der Waals surface area contributed by atoms with Crippen molar-refractivity contribution in [3.8, 4) is 0 Å². The van der Waals surface area contributed by atoms with E-state index in [1.807, 2.05) is 18.4 Å². The molecule has 3 aromatic rings. The SMILES string of the molecule is Cc1ccsc1C(=O)Nc1ncc(Cc2ccc(F)c(F)c2)s1. The predicted molar refractivity (Wildman–Crippen MR) is 88.3 cm³/mol. The molecule has 0 fully saturated rings.